The number of hydrogen-bond acceptors (Lipinski definition) is 6. The molecular formula is C14H18N2O4. The van der Waals surface area contributed by atoms with Gasteiger partial charge in [-0.15, -0.1) is 0 Å². The molecule has 1 aromatic carbocycles. The first kappa shape index (κ1) is 15.7. The fraction of sp³-hybridized carbons (Fsp3) is 0.357. The highest BCUT2D eigenvalue weighted by Crippen LogP contribution is 2.01. The predicted molar refractivity (Wildman–Crippen MR) is 75.7 cm³/mol. The molecule has 6 heteroatoms. The summed E-state index contributed by atoms with van der Waals surface area (Å²) in [4.78, 5) is 21.2. The van der Waals surface area contributed by atoms with Crippen LogP contribution in [0.3, 0.4) is 0 Å². The number of oxime groups is 2. The molecule has 1 aromatic rings. The van der Waals surface area contributed by atoms with Crippen molar-refractivity contribution >= 4 is 17.4 Å². The van der Waals surface area contributed by atoms with Gasteiger partial charge in [0.25, 0.3) is 0 Å². The summed E-state index contributed by atoms with van der Waals surface area (Å²) in [5.74, 6) is -0.582. The van der Waals surface area contributed by atoms with Crippen LogP contribution < -0.4 is 0 Å². The molecule has 0 amide bonds. The van der Waals surface area contributed by atoms with E-state index < -0.39 is 5.97 Å². The Morgan fingerprint density at radius 3 is 2.50 bits per heavy atom. The molecule has 0 heterocycles. The van der Waals surface area contributed by atoms with Gasteiger partial charge in [-0.05, 0) is 19.4 Å². The van der Waals surface area contributed by atoms with Gasteiger partial charge in [0.1, 0.15) is 7.11 Å². The van der Waals surface area contributed by atoms with Gasteiger partial charge < -0.3 is 14.4 Å². The molecule has 20 heavy (non-hydrogen) atoms. The van der Waals surface area contributed by atoms with Crippen LogP contribution in [0.4, 0.5) is 0 Å². The van der Waals surface area contributed by atoms with Crippen molar-refractivity contribution in [2.24, 2.45) is 10.3 Å². The summed E-state index contributed by atoms with van der Waals surface area (Å²) in [6.45, 7) is 3.67. The maximum absolute atomic E-state index is 11.5. The Hall–Kier alpha value is -2.37. The van der Waals surface area contributed by atoms with Crippen molar-refractivity contribution in [1.29, 1.82) is 0 Å². The van der Waals surface area contributed by atoms with Gasteiger partial charge in [-0.3, -0.25) is 0 Å². The largest absolute Gasteiger partial charge is 0.461 e. The number of ether oxygens (including phenoxy) is 1. The molecule has 0 saturated heterocycles. The van der Waals surface area contributed by atoms with Crippen LogP contribution in [0.2, 0.25) is 0 Å². The smallest absolute Gasteiger partial charge is 0.359 e. The van der Waals surface area contributed by atoms with Crippen LogP contribution in [0, 0.1) is 0 Å². The molecule has 0 aliphatic heterocycles. The van der Waals surface area contributed by atoms with E-state index in [4.69, 9.17) is 9.57 Å². The van der Waals surface area contributed by atoms with E-state index in [1.807, 2.05) is 37.3 Å². The summed E-state index contributed by atoms with van der Waals surface area (Å²) >= 11 is 0. The van der Waals surface area contributed by atoms with E-state index in [9.17, 15) is 4.79 Å². The van der Waals surface area contributed by atoms with Gasteiger partial charge in [-0.1, -0.05) is 40.6 Å². The second kappa shape index (κ2) is 8.68. The van der Waals surface area contributed by atoms with Crippen molar-refractivity contribution in [3.63, 3.8) is 0 Å². The van der Waals surface area contributed by atoms with Gasteiger partial charge in [0.15, 0.2) is 6.61 Å². The van der Waals surface area contributed by atoms with Crippen LogP contribution in [0.25, 0.3) is 0 Å². The van der Waals surface area contributed by atoms with Crippen molar-refractivity contribution in [1.82, 2.24) is 0 Å². The second-order valence-corrected chi connectivity index (χ2v) is 3.76. The third-order valence-electron chi connectivity index (χ3n) is 2.31. The Labute approximate surface area is 118 Å². The standard InChI is InChI=1S/C14H18N2O4/c1-4-19-14(17)13(16-18-3)10-20-15-11(2)12-8-6-5-7-9-12/h5-9H,4,10H2,1-3H3/b15-11-,16-13-. The topological polar surface area (TPSA) is 69.5 Å². The zero-order valence-corrected chi connectivity index (χ0v) is 11.8. The van der Waals surface area contributed by atoms with Crippen molar-refractivity contribution in [3.8, 4) is 0 Å². The summed E-state index contributed by atoms with van der Waals surface area (Å²) in [7, 11) is 1.34. The van der Waals surface area contributed by atoms with Crippen molar-refractivity contribution < 1.29 is 19.2 Å². The lowest BCUT2D eigenvalue weighted by Gasteiger charge is -2.05. The molecule has 0 aromatic heterocycles. The minimum Gasteiger partial charge on any atom is -0.461 e. The average molecular weight is 278 g/mol. The van der Waals surface area contributed by atoms with Gasteiger partial charge in [0.05, 0.1) is 12.3 Å². The number of nitrogens with zero attached hydrogens (tertiary/aromatic N) is 2. The van der Waals surface area contributed by atoms with E-state index >= 15 is 0 Å². The Balaban J connectivity index is 2.60. The Bertz CT molecular complexity index is 483. The average Bonchev–Trinajstić information content (AvgIpc) is 2.47. The minimum absolute atomic E-state index is 0.0268. The summed E-state index contributed by atoms with van der Waals surface area (Å²) < 4.78 is 4.82. The Morgan fingerprint density at radius 2 is 1.90 bits per heavy atom. The lowest BCUT2D eigenvalue weighted by molar-refractivity contribution is -0.135. The highest BCUT2D eigenvalue weighted by Gasteiger charge is 2.14. The number of benzene rings is 1. The quantitative estimate of drug-likeness (QED) is 0.434. The normalized spacial score (nSPS) is 11.9. The molecule has 0 aliphatic rings. The molecule has 0 atom stereocenters. The van der Waals surface area contributed by atoms with E-state index in [2.05, 4.69) is 15.1 Å². The highest BCUT2D eigenvalue weighted by atomic mass is 16.6. The van der Waals surface area contributed by atoms with Crippen molar-refractivity contribution in [3.05, 3.63) is 35.9 Å². The number of rotatable bonds is 7. The molecule has 108 valence electrons. The summed E-state index contributed by atoms with van der Waals surface area (Å²) in [6.07, 6.45) is 0. The third kappa shape index (κ3) is 5.09. The molecule has 1 rings (SSSR count). The van der Waals surface area contributed by atoms with E-state index in [1.165, 1.54) is 7.11 Å². The van der Waals surface area contributed by atoms with Crippen molar-refractivity contribution in [2.75, 3.05) is 20.3 Å². The van der Waals surface area contributed by atoms with Crippen LogP contribution >= 0.6 is 0 Å². The maximum atomic E-state index is 11.5. The second-order valence-electron chi connectivity index (χ2n) is 3.76. The molecule has 0 fully saturated rings. The highest BCUT2D eigenvalue weighted by molar-refractivity contribution is 6.36. The fourth-order valence-corrected chi connectivity index (χ4v) is 1.37. The van der Waals surface area contributed by atoms with E-state index in [-0.39, 0.29) is 18.9 Å². The van der Waals surface area contributed by atoms with Gasteiger partial charge >= 0.3 is 5.97 Å². The Kier molecular flexibility index (Phi) is 6.81. The van der Waals surface area contributed by atoms with Crippen LogP contribution in [0.5, 0.6) is 0 Å². The number of carbonyl (C=O) groups excluding carboxylic acids is 1. The van der Waals surface area contributed by atoms with E-state index in [0.717, 1.165) is 5.56 Å². The molecule has 0 aliphatic carbocycles. The van der Waals surface area contributed by atoms with Gasteiger partial charge in [-0.2, -0.15) is 0 Å². The van der Waals surface area contributed by atoms with Crippen LogP contribution in [-0.4, -0.2) is 37.7 Å². The lowest BCUT2D eigenvalue weighted by Crippen LogP contribution is -2.22. The van der Waals surface area contributed by atoms with Gasteiger partial charge in [0, 0.05) is 0 Å². The fourth-order valence-electron chi connectivity index (χ4n) is 1.37. The van der Waals surface area contributed by atoms with Crippen LogP contribution in [0.15, 0.2) is 40.6 Å². The molecular weight excluding hydrogens is 260 g/mol. The predicted octanol–water partition coefficient (Wildman–Crippen LogP) is 1.99. The van der Waals surface area contributed by atoms with Gasteiger partial charge in [0.2, 0.25) is 5.71 Å². The zero-order chi connectivity index (χ0) is 14.8. The first-order valence-corrected chi connectivity index (χ1v) is 6.18. The minimum atomic E-state index is -0.582. The monoisotopic (exact) mass is 278 g/mol. The van der Waals surface area contributed by atoms with Crippen LogP contribution in [-0.2, 0) is 19.2 Å². The van der Waals surface area contributed by atoms with Crippen molar-refractivity contribution in [2.45, 2.75) is 13.8 Å². The first-order valence-electron chi connectivity index (χ1n) is 6.18. The summed E-state index contributed by atoms with van der Waals surface area (Å²) in [5, 5.41) is 7.49. The lowest BCUT2D eigenvalue weighted by atomic mass is 10.1. The van der Waals surface area contributed by atoms with Gasteiger partial charge in [-0.25, -0.2) is 4.79 Å². The molecule has 0 saturated carbocycles. The molecule has 6 nitrogen and oxygen atoms in total. The number of hydrogen-bond donors (Lipinski definition) is 0. The molecule has 0 N–H and O–H groups in total. The van der Waals surface area contributed by atoms with E-state index in [0.29, 0.717) is 5.71 Å². The Morgan fingerprint density at radius 1 is 1.20 bits per heavy atom. The maximum Gasteiger partial charge on any atom is 0.359 e. The third-order valence-corrected chi connectivity index (χ3v) is 2.31. The summed E-state index contributed by atoms with van der Waals surface area (Å²) in [5.41, 5.74) is 1.67. The SMILES string of the molecule is CCOC(=O)/C(CO/N=C(/C)c1ccccc1)=N\OC. The zero-order valence-electron chi connectivity index (χ0n) is 11.8. The molecule has 0 unspecified atom stereocenters. The molecule has 0 bridgehead atoms. The molecule has 0 radical (unpaired) electrons. The number of esters is 1. The van der Waals surface area contributed by atoms with E-state index in [1.54, 1.807) is 6.92 Å². The first-order chi connectivity index (χ1) is 9.69. The molecule has 0 spiro atoms. The summed E-state index contributed by atoms with van der Waals surface area (Å²) in [6, 6.07) is 9.56. The number of carbonyl (C=O) groups is 1. The van der Waals surface area contributed by atoms with Crippen LogP contribution in [0.1, 0.15) is 19.4 Å².